The van der Waals surface area contributed by atoms with Crippen molar-refractivity contribution in [3.8, 4) is 0 Å². The van der Waals surface area contributed by atoms with E-state index in [0.29, 0.717) is 13.1 Å². The van der Waals surface area contributed by atoms with Gasteiger partial charge in [0.1, 0.15) is 0 Å². The second kappa shape index (κ2) is 8.59. The summed E-state index contributed by atoms with van der Waals surface area (Å²) >= 11 is 0. The highest BCUT2D eigenvalue weighted by Crippen LogP contribution is 2.24. The van der Waals surface area contributed by atoms with E-state index in [9.17, 15) is 10.1 Å². The van der Waals surface area contributed by atoms with Crippen molar-refractivity contribution in [2.45, 2.75) is 39.8 Å². The first kappa shape index (κ1) is 17.4. The minimum Gasteiger partial charge on any atom is -0.395 e. The molecule has 0 bridgehead atoms. The molecule has 0 saturated heterocycles. The normalized spacial score (nSPS) is 11.1. The van der Waals surface area contributed by atoms with Crippen LogP contribution in [0.25, 0.3) is 0 Å². The van der Waals surface area contributed by atoms with Crippen molar-refractivity contribution in [2.24, 2.45) is 0 Å². The van der Waals surface area contributed by atoms with Crippen LogP contribution < -0.4 is 5.32 Å². The molecule has 0 aliphatic carbocycles. The molecule has 118 valence electrons. The maximum Gasteiger partial charge on any atom is 0.269 e. The zero-order valence-corrected chi connectivity index (χ0v) is 13.0. The Morgan fingerprint density at radius 2 is 2.14 bits per heavy atom. The number of aliphatic hydroxyl groups excluding tert-OH is 1. The molecule has 0 spiro atoms. The Morgan fingerprint density at radius 1 is 1.43 bits per heavy atom. The number of nitrogens with zero attached hydrogens (tertiary/aromatic N) is 2. The molecule has 6 heteroatoms. The van der Waals surface area contributed by atoms with Gasteiger partial charge in [-0.25, -0.2) is 0 Å². The van der Waals surface area contributed by atoms with Gasteiger partial charge in [-0.1, -0.05) is 6.92 Å². The van der Waals surface area contributed by atoms with Gasteiger partial charge in [-0.3, -0.25) is 15.0 Å². The van der Waals surface area contributed by atoms with Crippen molar-refractivity contribution in [1.29, 1.82) is 0 Å². The fourth-order valence-corrected chi connectivity index (χ4v) is 2.12. The van der Waals surface area contributed by atoms with E-state index < -0.39 is 0 Å². The number of non-ortho nitro benzene ring substituents is 1. The molecule has 0 aliphatic rings. The summed E-state index contributed by atoms with van der Waals surface area (Å²) in [6, 6.07) is 5.16. The van der Waals surface area contributed by atoms with Crippen molar-refractivity contribution in [3.05, 3.63) is 33.9 Å². The van der Waals surface area contributed by atoms with Gasteiger partial charge in [0, 0.05) is 43.5 Å². The highest BCUT2D eigenvalue weighted by Gasteiger charge is 2.15. The average Bonchev–Trinajstić information content (AvgIpc) is 2.45. The fraction of sp³-hybridized carbons (Fsp3) is 0.600. The molecule has 1 aromatic rings. The van der Waals surface area contributed by atoms with Gasteiger partial charge in [-0.2, -0.15) is 0 Å². The lowest BCUT2D eigenvalue weighted by molar-refractivity contribution is -0.384. The lowest BCUT2D eigenvalue weighted by atomic mass is 10.1. The highest BCUT2D eigenvalue weighted by atomic mass is 16.6. The minimum atomic E-state index is -0.376. The lowest BCUT2D eigenvalue weighted by Gasteiger charge is -2.26. The van der Waals surface area contributed by atoms with E-state index in [-0.39, 0.29) is 23.3 Å². The van der Waals surface area contributed by atoms with Crippen LogP contribution in [0.4, 0.5) is 11.4 Å². The van der Waals surface area contributed by atoms with E-state index >= 15 is 0 Å². The summed E-state index contributed by atoms with van der Waals surface area (Å²) in [7, 11) is 0. The molecular formula is C15H25N3O3. The van der Waals surface area contributed by atoms with Gasteiger partial charge < -0.3 is 10.4 Å². The summed E-state index contributed by atoms with van der Waals surface area (Å²) in [6.07, 6.45) is 0.987. The molecule has 0 amide bonds. The van der Waals surface area contributed by atoms with Gasteiger partial charge >= 0.3 is 0 Å². The Balaban J connectivity index is 3.03. The Morgan fingerprint density at radius 3 is 2.67 bits per heavy atom. The number of anilines is 1. The largest absolute Gasteiger partial charge is 0.395 e. The number of nitro groups is 1. The second-order valence-electron chi connectivity index (χ2n) is 5.31. The molecule has 0 atom stereocenters. The summed E-state index contributed by atoms with van der Waals surface area (Å²) in [6.45, 7) is 8.19. The molecular weight excluding hydrogens is 270 g/mol. The van der Waals surface area contributed by atoms with E-state index in [2.05, 4.69) is 17.1 Å². The van der Waals surface area contributed by atoms with E-state index in [0.717, 1.165) is 24.2 Å². The van der Waals surface area contributed by atoms with Crippen LogP contribution in [0.5, 0.6) is 0 Å². The predicted molar refractivity (Wildman–Crippen MR) is 84.5 cm³/mol. The molecule has 0 unspecified atom stereocenters. The third-order valence-corrected chi connectivity index (χ3v) is 3.36. The zero-order chi connectivity index (χ0) is 15.8. The average molecular weight is 295 g/mol. The topological polar surface area (TPSA) is 78.6 Å². The maximum absolute atomic E-state index is 11.0. The first-order valence-corrected chi connectivity index (χ1v) is 7.35. The highest BCUT2D eigenvalue weighted by molar-refractivity contribution is 5.56. The number of hydrogen-bond donors (Lipinski definition) is 2. The smallest absolute Gasteiger partial charge is 0.269 e. The first-order chi connectivity index (χ1) is 9.99. The van der Waals surface area contributed by atoms with Crippen LogP contribution in [-0.4, -0.2) is 40.7 Å². The number of nitrogens with one attached hydrogen (secondary N) is 1. The fourth-order valence-electron chi connectivity index (χ4n) is 2.12. The third kappa shape index (κ3) is 5.32. The first-order valence-electron chi connectivity index (χ1n) is 7.35. The van der Waals surface area contributed by atoms with Crippen molar-refractivity contribution in [3.63, 3.8) is 0 Å². The molecule has 0 heterocycles. The summed E-state index contributed by atoms with van der Waals surface area (Å²) in [5.41, 5.74) is 1.91. The number of hydrogen-bond acceptors (Lipinski definition) is 5. The van der Waals surface area contributed by atoms with Crippen molar-refractivity contribution < 1.29 is 10.0 Å². The molecule has 0 aliphatic heterocycles. The molecule has 0 saturated carbocycles. The molecule has 0 fully saturated rings. The van der Waals surface area contributed by atoms with E-state index in [1.54, 1.807) is 12.1 Å². The monoisotopic (exact) mass is 295 g/mol. The van der Waals surface area contributed by atoms with E-state index in [1.165, 1.54) is 6.07 Å². The van der Waals surface area contributed by atoms with Crippen LogP contribution >= 0.6 is 0 Å². The number of rotatable bonds is 9. The zero-order valence-electron chi connectivity index (χ0n) is 13.0. The van der Waals surface area contributed by atoms with Gasteiger partial charge in [0.15, 0.2) is 0 Å². The van der Waals surface area contributed by atoms with Crippen LogP contribution in [0.15, 0.2) is 18.2 Å². The van der Waals surface area contributed by atoms with Crippen molar-refractivity contribution in [1.82, 2.24) is 4.90 Å². The molecule has 6 nitrogen and oxygen atoms in total. The molecule has 0 radical (unpaired) electrons. The molecule has 1 rings (SSSR count). The Hall–Kier alpha value is -1.66. The standard InChI is InChI=1S/C15H25N3O3/c1-4-7-16-15-6-5-14(18(20)21)10-13(15)11-17(8-9-19)12(2)3/h5-6,10,12,16,19H,4,7-9,11H2,1-3H3. The summed E-state index contributed by atoms with van der Waals surface area (Å²) in [5, 5.41) is 23.4. The molecule has 1 aromatic carbocycles. The van der Waals surface area contributed by atoms with E-state index in [1.807, 2.05) is 13.8 Å². The molecule has 21 heavy (non-hydrogen) atoms. The Bertz CT molecular complexity index is 463. The number of benzene rings is 1. The van der Waals surface area contributed by atoms with Crippen molar-refractivity contribution in [2.75, 3.05) is 25.0 Å². The van der Waals surface area contributed by atoms with Crippen molar-refractivity contribution >= 4 is 11.4 Å². The molecule has 0 aromatic heterocycles. The van der Waals surface area contributed by atoms with Gasteiger partial charge in [0.05, 0.1) is 11.5 Å². The third-order valence-electron chi connectivity index (χ3n) is 3.36. The maximum atomic E-state index is 11.0. The Labute approximate surface area is 125 Å². The second-order valence-corrected chi connectivity index (χ2v) is 5.31. The minimum absolute atomic E-state index is 0.0742. The quantitative estimate of drug-likeness (QED) is 0.541. The molecule has 2 N–H and O–H groups in total. The van der Waals surface area contributed by atoms with Crippen LogP contribution in [0, 0.1) is 10.1 Å². The van der Waals surface area contributed by atoms with Gasteiger partial charge in [0.25, 0.3) is 5.69 Å². The van der Waals surface area contributed by atoms with Crippen LogP contribution in [0.3, 0.4) is 0 Å². The number of nitro benzene ring substituents is 1. The summed E-state index contributed by atoms with van der Waals surface area (Å²) in [5.74, 6) is 0. The predicted octanol–water partition coefficient (Wildman–Crippen LogP) is 2.62. The Kier molecular flexibility index (Phi) is 7.11. The SMILES string of the molecule is CCCNc1ccc([N+](=O)[O-])cc1CN(CCO)C(C)C. The van der Waals surface area contributed by atoms with Crippen LogP contribution in [-0.2, 0) is 6.54 Å². The van der Waals surface area contributed by atoms with E-state index in [4.69, 9.17) is 5.11 Å². The number of aliphatic hydroxyl groups is 1. The van der Waals surface area contributed by atoms with Crippen LogP contribution in [0.2, 0.25) is 0 Å². The van der Waals surface area contributed by atoms with Gasteiger partial charge in [0.2, 0.25) is 0 Å². The van der Waals surface area contributed by atoms with Gasteiger partial charge in [-0.05, 0) is 31.9 Å². The van der Waals surface area contributed by atoms with Crippen LogP contribution in [0.1, 0.15) is 32.8 Å². The van der Waals surface area contributed by atoms with Gasteiger partial charge in [-0.15, -0.1) is 0 Å². The lowest BCUT2D eigenvalue weighted by Crippen LogP contribution is -2.33. The summed E-state index contributed by atoms with van der Waals surface area (Å²) in [4.78, 5) is 12.7. The summed E-state index contributed by atoms with van der Waals surface area (Å²) < 4.78 is 0.